The molecule has 1 amide bonds. The SMILES string of the molecule is Cc1ccccc1-c1cc(=O)oc2cc(N(C)[C@H](C)C(=O)N3CCC[C@H](C(=O)O)C3)ccc12. The van der Waals surface area contributed by atoms with Crippen molar-refractivity contribution in [1.82, 2.24) is 4.90 Å². The minimum atomic E-state index is -0.859. The monoisotopic (exact) mass is 448 g/mol. The topological polar surface area (TPSA) is 91.1 Å². The molecule has 1 aliphatic heterocycles. The molecule has 4 rings (SSSR count). The summed E-state index contributed by atoms with van der Waals surface area (Å²) in [5, 5.41) is 10.1. The van der Waals surface area contributed by atoms with Crippen LogP contribution in [-0.2, 0) is 9.59 Å². The number of likely N-dealkylation sites (tertiary alicyclic amines) is 1. The molecule has 0 spiro atoms. The third-order valence-electron chi connectivity index (χ3n) is 6.59. The van der Waals surface area contributed by atoms with Crippen molar-refractivity contribution in [1.29, 1.82) is 0 Å². The van der Waals surface area contributed by atoms with E-state index in [1.165, 1.54) is 6.07 Å². The van der Waals surface area contributed by atoms with Crippen LogP contribution in [0.15, 0.2) is 57.7 Å². The van der Waals surface area contributed by atoms with Crippen molar-refractivity contribution < 1.29 is 19.1 Å². The Labute approximate surface area is 192 Å². The first kappa shape index (κ1) is 22.6. The highest BCUT2D eigenvalue weighted by Gasteiger charge is 2.31. The summed E-state index contributed by atoms with van der Waals surface area (Å²) in [4.78, 5) is 40.2. The Bertz CT molecular complexity index is 1270. The molecule has 33 heavy (non-hydrogen) atoms. The van der Waals surface area contributed by atoms with Crippen molar-refractivity contribution in [2.75, 3.05) is 25.0 Å². The lowest BCUT2D eigenvalue weighted by Crippen LogP contribution is -2.50. The van der Waals surface area contributed by atoms with Gasteiger partial charge >= 0.3 is 11.6 Å². The summed E-state index contributed by atoms with van der Waals surface area (Å²) in [7, 11) is 1.81. The molecule has 1 aliphatic rings. The number of carboxylic acid groups (broad SMARTS) is 1. The molecule has 0 saturated carbocycles. The van der Waals surface area contributed by atoms with Gasteiger partial charge < -0.3 is 19.3 Å². The molecule has 1 fully saturated rings. The highest BCUT2D eigenvalue weighted by atomic mass is 16.4. The predicted octanol–water partition coefficient (Wildman–Crippen LogP) is 3.92. The van der Waals surface area contributed by atoms with Gasteiger partial charge in [0.1, 0.15) is 11.6 Å². The van der Waals surface area contributed by atoms with Gasteiger partial charge in [-0.15, -0.1) is 0 Å². The molecule has 2 heterocycles. The lowest BCUT2D eigenvalue weighted by molar-refractivity contribution is -0.145. The maximum Gasteiger partial charge on any atom is 0.336 e. The second-order valence-electron chi connectivity index (χ2n) is 8.72. The second kappa shape index (κ2) is 9.10. The van der Waals surface area contributed by atoms with E-state index in [1.54, 1.807) is 17.9 Å². The summed E-state index contributed by atoms with van der Waals surface area (Å²) in [5.74, 6) is -1.49. The number of hydrogen-bond donors (Lipinski definition) is 1. The average molecular weight is 449 g/mol. The molecule has 7 heteroatoms. The summed E-state index contributed by atoms with van der Waals surface area (Å²) in [6.45, 7) is 4.60. The molecule has 2 atom stereocenters. The molecule has 0 aliphatic carbocycles. The summed E-state index contributed by atoms with van der Waals surface area (Å²) in [6.07, 6.45) is 1.28. The van der Waals surface area contributed by atoms with Crippen molar-refractivity contribution >= 4 is 28.5 Å². The van der Waals surface area contributed by atoms with Crippen LogP contribution in [0.4, 0.5) is 5.69 Å². The number of carboxylic acids is 1. The van der Waals surface area contributed by atoms with Gasteiger partial charge in [-0.1, -0.05) is 24.3 Å². The summed E-state index contributed by atoms with van der Waals surface area (Å²) in [6, 6.07) is 14.5. The number of likely N-dealkylation sites (N-methyl/N-ethyl adjacent to an activating group) is 1. The van der Waals surface area contributed by atoms with Crippen molar-refractivity contribution in [3.8, 4) is 11.1 Å². The molecule has 2 aromatic carbocycles. The van der Waals surface area contributed by atoms with Crippen LogP contribution in [0.5, 0.6) is 0 Å². The predicted molar refractivity (Wildman–Crippen MR) is 127 cm³/mol. The number of piperidine rings is 1. The molecule has 3 aromatic rings. The van der Waals surface area contributed by atoms with Crippen LogP contribution >= 0.6 is 0 Å². The highest BCUT2D eigenvalue weighted by Crippen LogP contribution is 2.32. The third-order valence-corrected chi connectivity index (χ3v) is 6.59. The van der Waals surface area contributed by atoms with Crippen LogP contribution in [0.1, 0.15) is 25.3 Å². The number of rotatable bonds is 5. The number of nitrogens with zero attached hydrogens (tertiary/aromatic N) is 2. The smallest absolute Gasteiger partial charge is 0.336 e. The van der Waals surface area contributed by atoms with Gasteiger partial charge in [-0.3, -0.25) is 9.59 Å². The molecule has 172 valence electrons. The summed E-state index contributed by atoms with van der Waals surface area (Å²) < 4.78 is 5.51. The first-order valence-electron chi connectivity index (χ1n) is 11.1. The standard InChI is InChI=1S/C26H28N2O5/c1-16-7-4-5-9-20(16)22-14-24(29)33-23-13-19(10-11-21(22)23)27(3)17(2)25(30)28-12-6-8-18(15-28)26(31)32/h4-5,7,9-11,13-14,17-18H,6,8,12,15H2,1-3H3,(H,31,32)/t17-,18+/m1/s1. The first-order valence-corrected chi connectivity index (χ1v) is 11.1. The van der Waals surface area contributed by atoms with Crippen molar-refractivity contribution in [2.24, 2.45) is 5.92 Å². The van der Waals surface area contributed by atoms with Crippen molar-refractivity contribution in [2.45, 2.75) is 32.7 Å². The summed E-state index contributed by atoms with van der Waals surface area (Å²) in [5.41, 5.74) is 3.60. The fourth-order valence-electron chi connectivity index (χ4n) is 4.50. The molecule has 0 radical (unpaired) electrons. The summed E-state index contributed by atoms with van der Waals surface area (Å²) >= 11 is 0. The zero-order valence-electron chi connectivity index (χ0n) is 19.1. The Morgan fingerprint density at radius 1 is 1.15 bits per heavy atom. The molecule has 1 N–H and O–H groups in total. The van der Waals surface area contributed by atoms with E-state index in [2.05, 4.69) is 0 Å². The van der Waals surface area contributed by atoms with E-state index in [0.717, 1.165) is 27.8 Å². The van der Waals surface area contributed by atoms with E-state index < -0.39 is 23.6 Å². The van der Waals surface area contributed by atoms with Gasteiger partial charge in [0.15, 0.2) is 0 Å². The van der Waals surface area contributed by atoms with Gasteiger partial charge in [-0.05, 0) is 49.9 Å². The number of anilines is 1. The Morgan fingerprint density at radius 3 is 2.64 bits per heavy atom. The van der Waals surface area contributed by atoms with E-state index in [0.29, 0.717) is 25.0 Å². The fourth-order valence-corrected chi connectivity index (χ4v) is 4.50. The Hall–Kier alpha value is -3.61. The number of carbonyl (C=O) groups excluding carboxylic acids is 1. The number of aryl methyl sites for hydroxylation is 1. The van der Waals surface area contributed by atoms with Crippen LogP contribution in [0, 0.1) is 12.8 Å². The van der Waals surface area contributed by atoms with Crippen molar-refractivity contribution in [3.63, 3.8) is 0 Å². The third kappa shape index (κ3) is 4.49. The number of carbonyl (C=O) groups is 2. The number of fused-ring (bicyclic) bond motifs is 1. The van der Waals surface area contributed by atoms with E-state index >= 15 is 0 Å². The zero-order valence-corrected chi connectivity index (χ0v) is 19.1. The van der Waals surface area contributed by atoms with Gasteiger partial charge in [0.25, 0.3) is 0 Å². The lowest BCUT2D eigenvalue weighted by atomic mass is 9.97. The van der Waals surface area contributed by atoms with Crippen LogP contribution in [-0.4, -0.2) is 48.1 Å². The highest BCUT2D eigenvalue weighted by molar-refractivity contribution is 5.96. The van der Waals surface area contributed by atoms with Gasteiger partial charge in [0.2, 0.25) is 5.91 Å². The second-order valence-corrected chi connectivity index (χ2v) is 8.72. The van der Waals surface area contributed by atoms with Crippen LogP contribution < -0.4 is 10.5 Å². The molecule has 7 nitrogen and oxygen atoms in total. The zero-order chi connectivity index (χ0) is 23.7. The number of aliphatic carboxylic acids is 1. The average Bonchev–Trinajstić information content (AvgIpc) is 2.82. The first-order chi connectivity index (χ1) is 15.8. The van der Waals surface area contributed by atoms with Gasteiger partial charge in [0.05, 0.1) is 5.92 Å². The number of benzene rings is 2. The van der Waals surface area contributed by atoms with Crippen LogP contribution in [0.2, 0.25) is 0 Å². The molecule has 1 saturated heterocycles. The van der Waals surface area contributed by atoms with Crippen LogP contribution in [0.3, 0.4) is 0 Å². The Kier molecular flexibility index (Phi) is 6.22. The largest absolute Gasteiger partial charge is 0.481 e. The molecular formula is C26H28N2O5. The van der Waals surface area contributed by atoms with Gasteiger partial charge in [-0.25, -0.2) is 4.79 Å². The van der Waals surface area contributed by atoms with Gasteiger partial charge in [0, 0.05) is 48.9 Å². The fraction of sp³-hybridized carbons (Fsp3) is 0.346. The quantitative estimate of drug-likeness (QED) is 0.595. The minimum absolute atomic E-state index is 0.112. The Balaban J connectivity index is 1.63. The van der Waals surface area contributed by atoms with Gasteiger partial charge in [-0.2, -0.15) is 0 Å². The number of hydrogen-bond acceptors (Lipinski definition) is 5. The number of amides is 1. The van der Waals surface area contributed by atoms with Crippen LogP contribution in [0.25, 0.3) is 22.1 Å². The van der Waals surface area contributed by atoms with E-state index in [9.17, 15) is 19.5 Å². The Morgan fingerprint density at radius 2 is 1.91 bits per heavy atom. The van der Waals surface area contributed by atoms with E-state index in [4.69, 9.17) is 4.42 Å². The van der Waals surface area contributed by atoms with E-state index in [-0.39, 0.29) is 12.5 Å². The molecule has 1 aromatic heterocycles. The molecule has 0 bridgehead atoms. The molecule has 0 unspecified atom stereocenters. The maximum absolute atomic E-state index is 13.1. The lowest BCUT2D eigenvalue weighted by Gasteiger charge is -2.35. The molecular weight excluding hydrogens is 420 g/mol. The van der Waals surface area contributed by atoms with Crippen molar-refractivity contribution in [3.05, 3.63) is 64.5 Å². The normalized spacial score (nSPS) is 17.1. The van der Waals surface area contributed by atoms with E-state index in [1.807, 2.05) is 55.3 Å². The minimum Gasteiger partial charge on any atom is -0.481 e. The maximum atomic E-state index is 13.1.